The van der Waals surface area contributed by atoms with Crippen molar-refractivity contribution in [1.82, 2.24) is 0 Å². The Morgan fingerprint density at radius 1 is 1.17 bits per heavy atom. The van der Waals surface area contributed by atoms with E-state index in [9.17, 15) is 17.6 Å². The molecule has 2 aromatic carbocycles. The van der Waals surface area contributed by atoms with Crippen LogP contribution in [-0.2, 0) is 21.1 Å². The van der Waals surface area contributed by atoms with Crippen LogP contribution in [0.15, 0.2) is 47.5 Å². The minimum absolute atomic E-state index is 0.00731. The van der Waals surface area contributed by atoms with Crippen molar-refractivity contribution in [3.8, 4) is 0 Å². The number of thioether (sulfide) groups is 1. The molecule has 0 spiro atoms. The number of nitrogens with zero attached hydrogens (tertiary/aromatic N) is 2. The van der Waals surface area contributed by atoms with Crippen molar-refractivity contribution in [3.63, 3.8) is 0 Å². The van der Waals surface area contributed by atoms with Crippen LogP contribution >= 0.6 is 35.0 Å². The van der Waals surface area contributed by atoms with Gasteiger partial charge in [0.2, 0.25) is 0 Å². The number of hydrogen-bond acceptors (Lipinski definition) is 4. The number of benzene rings is 2. The normalized spacial score (nSPS) is 24.1. The van der Waals surface area contributed by atoms with E-state index in [1.54, 1.807) is 35.2 Å². The lowest BCUT2D eigenvalue weighted by Crippen LogP contribution is -2.37. The predicted octanol–water partition coefficient (Wildman–Crippen LogP) is 3.98. The molecule has 2 heterocycles. The molecule has 0 aromatic heterocycles. The summed E-state index contributed by atoms with van der Waals surface area (Å²) in [6.07, 6.45) is 0.0141. The number of sulfone groups is 1. The van der Waals surface area contributed by atoms with E-state index in [0.717, 1.165) is 0 Å². The highest BCUT2D eigenvalue weighted by atomic mass is 35.5. The number of carbonyl (C=O) groups excluding carboxylic acids is 1. The van der Waals surface area contributed by atoms with Gasteiger partial charge in [-0.3, -0.25) is 4.79 Å². The molecule has 2 aliphatic rings. The third kappa shape index (κ3) is 4.30. The molecule has 0 radical (unpaired) electrons. The summed E-state index contributed by atoms with van der Waals surface area (Å²) >= 11 is 13.1. The molecule has 10 heteroatoms. The number of rotatable bonds is 3. The number of amides is 1. The van der Waals surface area contributed by atoms with Crippen molar-refractivity contribution in [3.05, 3.63) is 63.9 Å². The van der Waals surface area contributed by atoms with Crippen LogP contribution in [0.3, 0.4) is 0 Å². The Labute approximate surface area is 181 Å². The molecule has 0 unspecified atom stereocenters. The number of anilines is 1. The third-order valence-corrected chi connectivity index (χ3v) is 8.65. The summed E-state index contributed by atoms with van der Waals surface area (Å²) in [6, 6.07) is 10.8. The van der Waals surface area contributed by atoms with Crippen LogP contribution in [0.25, 0.3) is 0 Å². The fourth-order valence-corrected chi connectivity index (χ4v) is 7.70. The molecular formula is C19H15Cl2FN2O3S2. The summed E-state index contributed by atoms with van der Waals surface area (Å²) in [4.78, 5) is 18.4. The summed E-state index contributed by atoms with van der Waals surface area (Å²) in [6.45, 7) is 0. The Morgan fingerprint density at radius 3 is 2.66 bits per heavy atom. The van der Waals surface area contributed by atoms with E-state index in [2.05, 4.69) is 4.99 Å². The van der Waals surface area contributed by atoms with Crippen LogP contribution < -0.4 is 4.90 Å². The average molecular weight is 473 g/mol. The zero-order valence-electron chi connectivity index (χ0n) is 14.9. The molecule has 0 bridgehead atoms. The Balaban J connectivity index is 1.67. The minimum Gasteiger partial charge on any atom is -0.315 e. The second-order valence-electron chi connectivity index (χ2n) is 6.83. The van der Waals surface area contributed by atoms with Crippen LogP contribution in [0.2, 0.25) is 10.0 Å². The molecule has 1 amide bonds. The molecule has 4 rings (SSSR count). The molecular weight excluding hydrogens is 458 g/mol. The summed E-state index contributed by atoms with van der Waals surface area (Å²) < 4.78 is 38.2. The highest BCUT2D eigenvalue weighted by Gasteiger charge is 2.49. The number of carbonyl (C=O) groups is 1. The standard InChI is InChI=1S/C19H15Cl2FN2O3S2/c20-13-4-2-1-3-11(13)7-18(25)23-19-24(12-5-6-14(21)15(22)8-12)16-9-29(26,27)10-17(16)28-19/h1-6,8,16-17H,7,9-10H2/t16-,17+/m0/s1. The number of hydrogen-bond donors (Lipinski definition) is 0. The summed E-state index contributed by atoms with van der Waals surface area (Å²) in [7, 11) is -3.21. The van der Waals surface area contributed by atoms with Crippen LogP contribution in [0, 0.1) is 5.82 Å². The van der Waals surface area contributed by atoms with Crippen LogP contribution in [-0.4, -0.2) is 42.3 Å². The minimum atomic E-state index is -3.21. The maximum Gasteiger partial charge on any atom is 0.252 e. The zero-order chi connectivity index (χ0) is 20.8. The first kappa shape index (κ1) is 20.7. The number of amidine groups is 1. The van der Waals surface area contributed by atoms with Gasteiger partial charge in [0, 0.05) is 16.0 Å². The smallest absolute Gasteiger partial charge is 0.252 e. The Bertz CT molecular complexity index is 1120. The molecule has 0 aliphatic carbocycles. The van der Waals surface area contributed by atoms with E-state index in [-0.39, 0.29) is 28.2 Å². The van der Waals surface area contributed by atoms with E-state index in [1.165, 1.54) is 23.9 Å². The molecule has 2 aliphatic heterocycles. The average Bonchev–Trinajstić information content (AvgIpc) is 3.10. The highest BCUT2D eigenvalue weighted by molar-refractivity contribution is 8.16. The maximum atomic E-state index is 14.0. The number of fused-ring (bicyclic) bond motifs is 1. The van der Waals surface area contributed by atoms with Crippen LogP contribution in [0.1, 0.15) is 5.56 Å². The van der Waals surface area contributed by atoms with Gasteiger partial charge in [-0.15, -0.1) is 0 Å². The molecule has 29 heavy (non-hydrogen) atoms. The predicted molar refractivity (Wildman–Crippen MR) is 115 cm³/mol. The second kappa shape index (κ2) is 7.91. The summed E-state index contributed by atoms with van der Waals surface area (Å²) in [5, 5.41) is 0.517. The first-order chi connectivity index (χ1) is 13.7. The van der Waals surface area contributed by atoms with Gasteiger partial charge < -0.3 is 4.90 Å². The van der Waals surface area contributed by atoms with Gasteiger partial charge in [0.1, 0.15) is 5.82 Å². The van der Waals surface area contributed by atoms with E-state index < -0.39 is 27.6 Å². The fraction of sp³-hybridized carbons (Fsp3) is 0.263. The first-order valence-corrected chi connectivity index (χ1v) is 12.2. The van der Waals surface area contributed by atoms with Gasteiger partial charge in [-0.25, -0.2) is 12.8 Å². The van der Waals surface area contributed by atoms with Gasteiger partial charge in [-0.1, -0.05) is 53.2 Å². The Hall–Kier alpha value is -1.61. The van der Waals surface area contributed by atoms with E-state index in [1.807, 2.05) is 0 Å². The van der Waals surface area contributed by atoms with Crippen molar-refractivity contribution in [2.24, 2.45) is 4.99 Å². The Morgan fingerprint density at radius 2 is 1.93 bits per heavy atom. The van der Waals surface area contributed by atoms with Crippen molar-refractivity contribution < 1.29 is 17.6 Å². The monoisotopic (exact) mass is 472 g/mol. The van der Waals surface area contributed by atoms with Crippen molar-refractivity contribution >= 4 is 61.6 Å². The molecule has 2 fully saturated rings. The summed E-state index contributed by atoms with van der Waals surface area (Å²) in [5.41, 5.74) is 1.06. The van der Waals surface area contributed by atoms with E-state index in [4.69, 9.17) is 23.2 Å². The quantitative estimate of drug-likeness (QED) is 0.675. The molecule has 2 aromatic rings. The van der Waals surface area contributed by atoms with Crippen molar-refractivity contribution in [2.45, 2.75) is 17.7 Å². The molecule has 5 nitrogen and oxygen atoms in total. The SMILES string of the molecule is O=C(Cc1ccccc1Cl)N=C1S[C@@H]2CS(=O)(=O)C[C@@H]2N1c1ccc(Cl)c(F)c1. The lowest BCUT2D eigenvalue weighted by Gasteiger charge is -2.24. The molecule has 0 N–H and O–H groups in total. The van der Waals surface area contributed by atoms with Crippen molar-refractivity contribution in [1.29, 1.82) is 0 Å². The van der Waals surface area contributed by atoms with Gasteiger partial charge in [-0.05, 0) is 29.8 Å². The van der Waals surface area contributed by atoms with Gasteiger partial charge in [0.05, 0.1) is 29.0 Å². The topological polar surface area (TPSA) is 66.8 Å². The van der Waals surface area contributed by atoms with Crippen LogP contribution in [0.5, 0.6) is 0 Å². The molecule has 152 valence electrons. The van der Waals surface area contributed by atoms with Gasteiger partial charge in [0.25, 0.3) is 5.91 Å². The maximum absolute atomic E-state index is 14.0. The molecule has 0 saturated carbocycles. The lowest BCUT2D eigenvalue weighted by atomic mass is 10.1. The van der Waals surface area contributed by atoms with Crippen LogP contribution in [0.4, 0.5) is 10.1 Å². The second-order valence-corrected chi connectivity index (χ2v) is 11.0. The van der Waals surface area contributed by atoms with E-state index in [0.29, 0.717) is 21.4 Å². The molecule has 2 saturated heterocycles. The van der Waals surface area contributed by atoms with Crippen molar-refractivity contribution in [2.75, 3.05) is 16.4 Å². The molecule has 2 atom stereocenters. The zero-order valence-corrected chi connectivity index (χ0v) is 18.0. The van der Waals surface area contributed by atoms with E-state index >= 15 is 0 Å². The summed E-state index contributed by atoms with van der Waals surface area (Å²) in [5.74, 6) is -1.12. The number of aliphatic imine (C=N–C) groups is 1. The third-order valence-electron chi connectivity index (χ3n) is 4.77. The fourth-order valence-electron chi connectivity index (χ4n) is 3.45. The Kier molecular flexibility index (Phi) is 5.63. The van der Waals surface area contributed by atoms with Gasteiger partial charge in [-0.2, -0.15) is 4.99 Å². The lowest BCUT2D eigenvalue weighted by molar-refractivity contribution is -0.117. The largest absolute Gasteiger partial charge is 0.315 e. The number of halogens is 3. The van der Waals surface area contributed by atoms with Gasteiger partial charge in [0.15, 0.2) is 15.0 Å². The van der Waals surface area contributed by atoms with Gasteiger partial charge >= 0.3 is 0 Å². The first-order valence-electron chi connectivity index (χ1n) is 8.70. The highest BCUT2D eigenvalue weighted by Crippen LogP contribution is 2.41.